The van der Waals surface area contributed by atoms with Crippen molar-refractivity contribution in [3.8, 4) is 0 Å². The molecule has 0 radical (unpaired) electrons. The van der Waals surface area contributed by atoms with Gasteiger partial charge in [-0.3, -0.25) is 0 Å². The maximum atomic E-state index is 10.6. The largest absolute Gasteiger partial charge is 0.369 e. The second-order valence-corrected chi connectivity index (χ2v) is 2.65. The van der Waals surface area contributed by atoms with Gasteiger partial charge in [0.25, 0.3) is 0 Å². The lowest BCUT2D eigenvalue weighted by molar-refractivity contribution is -0.116. The van der Waals surface area contributed by atoms with Crippen molar-refractivity contribution in [2.75, 3.05) is 7.11 Å². The fourth-order valence-electron chi connectivity index (χ4n) is 1.16. The van der Waals surface area contributed by atoms with Crippen LogP contribution >= 0.6 is 0 Å². The fourth-order valence-corrected chi connectivity index (χ4v) is 1.16. The molecule has 0 heterocycles. The van der Waals surface area contributed by atoms with Crippen LogP contribution in [-0.4, -0.2) is 13.4 Å². The van der Waals surface area contributed by atoms with Gasteiger partial charge in [-0.25, -0.2) is 0 Å². The molecular weight excluding hydrogens is 152 g/mol. The van der Waals surface area contributed by atoms with E-state index in [9.17, 15) is 4.79 Å². The molecule has 0 unspecified atom stereocenters. The number of hydrogen-bond donors (Lipinski definition) is 0. The van der Waals surface area contributed by atoms with Crippen LogP contribution in [0.3, 0.4) is 0 Å². The lowest BCUT2D eigenvalue weighted by atomic mass is 10.0. The Morgan fingerprint density at radius 2 is 2.08 bits per heavy atom. The molecule has 64 valence electrons. The lowest BCUT2D eigenvalue weighted by Gasteiger charge is -2.10. The van der Waals surface area contributed by atoms with Crippen LogP contribution in [0.1, 0.15) is 17.2 Å². The standard InChI is InChI=1S/C10H12O2/c1-8-5-3-4-6-9(8)10(7-11)12-2/h3-7,10H,1-2H3/t10-/m0/s1. The zero-order chi connectivity index (χ0) is 8.97. The monoisotopic (exact) mass is 164 g/mol. The molecule has 0 saturated carbocycles. The third-order valence-electron chi connectivity index (χ3n) is 1.87. The lowest BCUT2D eigenvalue weighted by Crippen LogP contribution is -2.04. The number of rotatable bonds is 3. The topological polar surface area (TPSA) is 26.3 Å². The molecule has 0 N–H and O–H groups in total. The molecule has 1 rings (SSSR count). The minimum Gasteiger partial charge on any atom is -0.369 e. The van der Waals surface area contributed by atoms with E-state index in [1.165, 1.54) is 7.11 Å². The van der Waals surface area contributed by atoms with Crippen molar-refractivity contribution in [2.45, 2.75) is 13.0 Å². The molecule has 0 spiro atoms. The Hall–Kier alpha value is -1.15. The Morgan fingerprint density at radius 3 is 2.58 bits per heavy atom. The van der Waals surface area contributed by atoms with Crippen LogP contribution in [0.15, 0.2) is 24.3 Å². The first-order chi connectivity index (χ1) is 5.79. The summed E-state index contributed by atoms with van der Waals surface area (Å²) in [6, 6.07) is 7.71. The van der Waals surface area contributed by atoms with Gasteiger partial charge >= 0.3 is 0 Å². The molecule has 1 aromatic rings. The first kappa shape index (κ1) is 8.94. The van der Waals surface area contributed by atoms with E-state index >= 15 is 0 Å². The Balaban J connectivity index is 3.00. The summed E-state index contributed by atoms with van der Waals surface area (Å²) in [4.78, 5) is 10.6. The zero-order valence-electron chi connectivity index (χ0n) is 7.28. The van der Waals surface area contributed by atoms with Gasteiger partial charge in [0.15, 0.2) is 6.29 Å². The summed E-state index contributed by atoms with van der Waals surface area (Å²) in [5.41, 5.74) is 2.02. The maximum Gasteiger partial charge on any atom is 0.153 e. The molecule has 0 fully saturated rings. The fraction of sp³-hybridized carbons (Fsp3) is 0.300. The van der Waals surface area contributed by atoms with Crippen molar-refractivity contribution in [1.82, 2.24) is 0 Å². The molecule has 1 aromatic carbocycles. The predicted octanol–water partition coefficient (Wildman–Crippen LogP) is 1.88. The van der Waals surface area contributed by atoms with Crippen molar-refractivity contribution in [1.29, 1.82) is 0 Å². The average molecular weight is 164 g/mol. The highest BCUT2D eigenvalue weighted by Crippen LogP contribution is 2.17. The first-order valence-electron chi connectivity index (χ1n) is 3.83. The molecule has 0 saturated heterocycles. The smallest absolute Gasteiger partial charge is 0.153 e. The van der Waals surface area contributed by atoms with Crippen LogP contribution in [0.2, 0.25) is 0 Å². The van der Waals surface area contributed by atoms with Crippen molar-refractivity contribution < 1.29 is 9.53 Å². The molecule has 0 bridgehead atoms. The normalized spacial score (nSPS) is 12.5. The average Bonchev–Trinajstić information content (AvgIpc) is 2.10. The number of carbonyl (C=O) groups is 1. The van der Waals surface area contributed by atoms with Gasteiger partial charge in [0.05, 0.1) is 0 Å². The van der Waals surface area contributed by atoms with E-state index < -0.39 is 6.10 Å². The minimum atomic E-state index is -0.425. The number of methoxy groups -OCH3 is 1. The summed E-state index contributed by atoms with van der Waals surface area (Å²) in [6.45, 7) is 1.96. The van der Waals surface area contributed by atoms with Crippen LogP contribution < -0.4 is 0 Å². The van der Waals surface area contributed by atoms with Crippen LogP contribution in [0.25, 0.3) is 0 Å². The van der Waals surface area contributed by atoms with Gasteiger partial charge in [-0.05, 0) is 18.1 Å². The van der Waals surface area contributed by atoms with E-state index in [-0.39, 0.29) is 0 Å². The van der Waals surface area contributed by atoms with Crippen molar-refractivity contribution >= 4 is 6.29 Å². The second-order valence-electron chi connectivity index (χ2n) is 2.65. The summed E-state index contributed by atoms with van der Waals surface area (Å²) in [6.07, 6.45) is 0.383. The molecule has 0 aromatic heterocycles. The van der Waals surface area contributed by atoms with E-state index in [4.69, 9.17) is 4.74 Å². The van der Waals surface area contributed by atoms with Crippen molar-refractivity contribution in [3.63, 3.8) is 0 Å². The Morgan fingerprint density at radius 1 is 1.42 bits per heavy atom. The summed E-state index contributed by atoms with van der Waals surface area (Å²) >= 11 is 0. The van der Waals surface area contributed by atoms with Crippen LogP contribution in [0, 0.1) is 6.92 Å². The molecule has 12 heavy (non-hydrogen) atoms. The number of benzene rings is 1. The van der Waals surface area contributed by atoms with E-state index in [2.05, 4.69) is 0 Å². The molecule has 1 atom stereocenters. The van der Waals surface area contributed by atoms with Gasteiger partial charge in [-0.15, -0.1) is 0 Å². The van der Waals surface area contributed by atoms with Crippen molar-refractivity contribution in [2.24, 2.45) is 0 Å². The summed E-state index contributed by atoms with van der Waals surface area (Å²) in [5.74, 6) is 0. The van der Waals surface area contributed by atoms with Crippen LogP contribution in [-0.2, 0) is 9.53 Å². The van der Waals surface area contributed by atoms with Crippen LogP contribution in [0.5, 0.6) is 0 Å². The van der Waals surface area contributed by atoms with Gasteiger partial charge in [0.1, 0.15) is 6.10 Å². The molecule has 2 nitrogen and oxygen atoms in total. The van der Waals surface area contributed by atoms with E-state index in [0.717, 1.165) is 17.4 Å². The highest BCUT2D eigenvalue weighted by Gasteiger charge is 2.09. The van der Waals surface area contributed by atoms with Crippen LogP contribution in [0.4, 0.5) is 0 Å². The molecule has 0 amide bonds. The van der Waals surface area contributed by atoms with Gasteiger partial charge < -0.3 is 9.53 Å². The summed E-state index contributed by atoms with van der Waals surface area (Å²) in [5, 5.41) is 0. The SMILES string of the molecule is CO[C@@H](C=O)c1ccccc1C. The third kappa shape index (κ3) is 1.71. The summed E-state index contributed by atoms with van der Waals surface area (Å²) in [7, 11) is 1.53. The summed E-state index contributed by atoms with van der Waals surface area (Å²) < 4.78 is 5.00. The number of aldehydes is 1. The molecular formula is C10H12O2. The van der Waals surface area contributed by atoms with Gasteiger partial charge in [-0.1, -0.05) is 24.3 Å². The Kier molecular flexibility index (Phi) is 3.00. The molecule has 0 aliphatic rings. The third-order valence-corrected chi connectivity index (χ3v) is 1.87. The molecule has 0 aliphatic heterocycles. The molecule has 2 heteroatoms. The number of aryl methyl sites for hydroxylation is 1. The minimum absolute atomic E-state index is 0.425. The number of carbonyl (C=O) groups excluding carboxylic acids is 1. The van der Waals surface area contributed by atoms with Gasteiger partial charge in [0, 0.05) is 7.11 Å². The quantitative estimate of drug-likeness (QED) is 0.637. The second kappa shape index (κ2) is 4.02. The van der Waals surface area contributed by atoms with Gasteiger partial charge in [-0.2, -0.15) is 0 Å². The van der Waals surface area contributed by atoms with E-state index in [1.807, 2.05) is 31.2 Å². The van der Waals surface area contributed by atoms with Gasteiger partial charge in [0.2, 0.25) is 0 Å². The highest BCUT2D eigenvalue weighted by molar-refractivity contribution is 5.60. The Labute approximate surface area is 72.2 Å². The number of ether oxygens (including phenoxy) is 1. The van der Waals surface area contributed by atoms with E-state index in [1.54, 1.807) is 0 Å². The van der Waals surface area contributed by atoms with E-state index in [0.29, 0.717) is 0 Å². The zero-order valence-corrected chi connectivity index (χ0v) is 7.28. The Bertz CT molecular complexity index is 268. The van der Waals surface area contributed by atoms with Crippen molar-refractivity contribution in [3.05, 3.63) is 35.4 Å². The predicted molar refractivity (Wildman–Crippen MR) is 47.0 cm³/mol. The molecule has 0 aliphatic carbocycles. The number of hydrogen-bond acceptors (Lipinski definition) is 2. The first-order valence-corrected chi connectivity index (χ1v) is 3.83. The maximum absolute atomic E-state index is 10.6. The highest BCUT2D eigenvalue weighted by atomic mass is 16.5.